The van der Waals surface area contributed by atoms with Gasteiger partial charge in [-0.3, -0.25) is 10.1 Å². The Morgan fingerprint density at radius 2 is 2.24 bits per heavy atom. The Bertz CT molecular complexity index is 539. The Morgan fingerprint density at radius 3 is 2.94 bits per heavy atom. The zero-order chi connectivity index (χ0) is 12.3. The highest BCUT2D eigenvalue weighted by atomic mass is 79.9. The first-order chi connectivity index (χ1) is 8.20. The zero-order valence-electron chi connectivity index (χ0n) is 8.80. The summed E-state index contributed by atoms with van der Waals surface area (Å²) in [6.45, 7) is 0. The van der Waals surface area contributed by atoms with E-state index >= 15 is 0 Å². The maximum absolute atomic E-state index is 10.6. The molecular formula is C11H9BrN2O3. The lowest BCUT2D eigenvalue weighted by atomic mass is 10.1. The maximum Gasteiger partial charge on any atom is 0.270 e. The molecule has 1 aromatic heterocycles. The minimum Gasteiger partial charge on any atom is -0.361 e. The molecule has 5 nitrogen and oxygen atoms in total. The fourth-order valence-corrected chi connectivity index (χ4v) is 1.83. The molecule has 88 valence electrons. The number of non-ortho nitro benzene ring substituents is 1. The molecule has 0 amide bonds. The number of nitro benzene ring substituents is 1. The smallest absolute Gasteiger partial charge is 0.270 e. The van der Waals surface area contributed by atoms with Gasteiger partial charge in [0.2, 0.25) is 0 Å². The van der Waals surface area contributed by atoms with Crippen LogP contribution in [0.15, 0.2) is 34.9 Å². The average Bonchev–Trinajstić information content (AvgIpc) is 2.78. The first kappa shape index (κ1) is 11.8. The molecule has 2 aromatic rings. The van der Waals surface area contributed by atoms with Crippen LogP contribution in [0.5, 0.6) is 0 Å². The number of halogens is 1. The second kappa shape index (κ2) is 5.09. The van der Waals surface area contributed by atoms with Crippen LogP contribution < -0.4 is 0 Å². The molecule has 0 aliphatic heterocycles. The van der Waals surface area contributed by atoms with Crippen LogP contribution in [0.4, 0.5) is 5.69 Å². The van der Waals surface area contributed by atoms with E-state index in [-0.39, 0.29) is 5.69 Å². The van der Waals surface area contributed by atoms with Gasteiger partial charge in [0.05, 0.1) is 4.92 Å². The zero-order valence-corrected chi connectivity index (χ0v) is 10.4. The molecule has 0 radical (unpaired) electrons. The van der Waals surface area contributed by atoms with Crippen molar-refractivity contribution in [2.24, 2.45) is 0 Å². The minimum atomic E-state index is -0.428. The molecule has 0 aliphatic carbocycles. The normalized spacial score (nSPS) is 10.4. The van der Waals surface area contributed by atoms with E-state index in [2.05, 4.69) is 21.1 Å². The van der Waals surface area contributed by atoms with E-state index in [0.29, 0.717) is 11.3 Å². The second-order valence-electron chi connectivity index (χ2n) is 3.42. The SMILES string of the molecule is O=[N+]([O-])c1cccc(-c2cc(CCBr)on2)c1. The largest absolute Gasteiger partial charge is 0.361 e. The number of benzene rings is 1. The fourth-order valence-electron chi connectivity index (χ4n) is 1.44. The van der Waals surface area contributed by atoms with Crippen molar-refractivity contribution in [3.05, 3.63) is 46.2 Å². The van der Waals surface area contributed by atoms with E-state index < -0.39 is 4.92 Å². The molecule has 0 spiro atoms. The third-order valence-corrected chi connectivity index (χ3v) is 2.65. The van der Waals surface area contributed by atoms with Crippen molar-refractivity contribution in [3.8, 4) is 11.3 Å². The second-order valence-corrected chi connectivity index (χ2v) is 4.22. The van der Waals surface area contributed by atoms with E-state index in [1.54, 1.807) is 18.2 Å². The Labute approximate surface area is 106 Å². The van der Waals surface area contributed by atoms with Crippen LogP contribution in [0.3, 0.4) is 0 Å². The first-order valence-electron chi connectivity index (χ1n) is 4.97. The Kier molecular flexibility index (Phi) is 3.53. The summed E-state index contributed by atoms with van der Waals surface area (Å²) in [4.78, 5) is 10.2. The van der Waals surface area contributed by atoms with E-state index in [0.717, 1.165) is 17.5 Å². The van der Waals surface area contributed by atoms with E-state index in [4.69, 9.17) is 4.52 Å². The molecular weight excluding hydrogens is 288 g/mol. The van der Waals surface area contributed by atoms with E-state index in [1.165, 1.54) is 12.1 Å². The van der Waals surface area contributed by atoms with Crippen LogP contribution in [0, 0.1) is 10.1 Å². The maximum atomic E-state index is 10.6. The third-order valence-electron chi connectivity index (χ3n) is 2.25. The van der Waals surface area contributed by atoms with Crippen LogP contribution in [0.2, 0.25) is 0 Å². The van der Waals surface area contributed by atoms with Gasteiger partial charge in [-0.05, 0) is 0 Å². The number of hydrogen-bond acceptors (Lipinski definition) is 4. The van der Waals surface area contributed by atoms with Crippen LogP contribution in [-0.2, 0) is 6.42 Å². The van der Waals surface area contributed by atoms with Crippen LogP contribution >= 0.6 is 15.9 Å². The lowest BCUT2D eigenvalue weighted by molar-refractivity contribution is -0.384. The number of rotatable bonds is 4. The highest BCUT2D eigenvalue weighted by molar-refractivity contribution is 9.09. The molecule has 0 saturated heterocycles. The molecule has 0 saturated carbocycles. The van der Waals surface area contributed by atoms with Gasteiger partial charge in [-0.25, -0.2) is 0 Å². The number of alkyl halides is 1. The molecule has 17 heavy (non-hydrogen) atoms. The molecule has 0 atom stereocenters. The van der Waals surface area contributed by atoms with Crippen LogP contribution in [-0.4, -0.2) is 15.4 Å². The summed E-state index contributed by atoms with van der Waals surface area (Å²) in [6, 6.07) is 8.12. The van der Waals surface area contributed by atoms with Crippen molar-refractivity contribution in [3.63, 3.8) is 0 Å². The summed E-state index contributed by atoms with van der Waals surface area (Å²) in [6.07, 6.45) is 0.738. The molecule has 1 heterocycles. The molecule has 0 aliphatic rings. The van der Waals surface area contributed by atoms with Gasteiger partial charge in [0, 0.05) is 35.5 Å². The fraction of sp³-hybridized carbons (Fsp3) is 0.182. The molecule has 0 N–H and O–H groups in total. The van der Waals surface area contributed by atoms with Crippen molar-refractivity contribution in [1.82, 2.24) is 5.16 Å². The minimum absolute atomic E-state index is 0.0486. The Morgan fingerprint density at radius 1 is 1.41 bits per heavy atom. The summed E-state index contributed by atoms with van der Waals surface area (Å²) in [5.41, 5.74) is 1.35. The lowest BCUT2D eigenvalue weighted by Crippen LogP contribution is -1.87. The topological polar surface area (TPSA) is 69.2 Å². The summed E-state index contributed by atoms with van der Waals surface area (Å²) in [5, 5.41) is 15.3. The van der Waals surface area contributed by atoms with Gasteiger partial charge in [-0.1, -0.05) is 33.2 Å². The number of aryl methyl sites for hydroxylation is 1. The number of hydrogen-bond donors (Lipinski definition) is 0. The van der Waals surface area contributed by atoms with Gasteiger partial charge in [0.1, 0.15) is 11.5 Å². The van der Waals surface area contributed by atoms with Crippen LogP contribution in [0.1, 0.15) is 5.76 Å². The van der Waals surface area contributed by atoms with Gasteiger partial charge < -0.3 is 4.52 Å². The highest BCUT2D eigenvalue weighted by Crippen LogP contribution is 2.23. The lowest BCUT2D eigenvalue weighted by Gasteiger charge is -1.94. The molecule has 0 fully saturated rings. The van der Waals surface area contributed by atoms with E-state index in [1.807, 2.05) is 0 Å². The summed E-state index contributed by atoms with van der Waals surface area (Å²) in [7, 11) is 0. The number of nitro groups is 1. The van der Waals surface area contributed by atoms with Gasteiger partial charge in [-0.15, -0.1) is 0 Å². The molecule has 6 heteroatoms. The summed E-state index contributed by atoms with van der Waals surface area (Å²) < 4.78 is 5.11. The van der Waals surface area contributed by atoms with Crippen molar-refractivity contribution < 1.29 is 9.45 Å². The van der Waals surface area contributed by atoms with Gasteiger partial charge in [0.25, 0.3) is 5.69 Å². The predicted octanol–water partition coefficient (Wildman–Crippen LogP) is 3.19. The molecule has 0 bridgehead atoms. The quantitative estimate of drug-likeness (QED) is 0.493. The van der Waals surface area contributed by atoms with Crippen molar-refractivity contribution in [2.75, 3.05) is 5.33 Å². The monoisotopic (exact) mass is 296 g/mol. The van der Waals surface area contributed by atoms with Crippen molar-refractivity contribution >= 4 is 21.6 Å². The highest BCUT2D eigenvalue weighted by Gasteiger charge is 2.10. The Balaban J connectivity index is 2.32. The van der Waals surface area contributed by atoms with Gasteiger partial charge >= 0.3 is 0 Å². The summed E-state index contributed by atoms with van der Waals surface area (Å²) in [5.74, 6) is 0.753. The standard InChI is InChI=1S/C11H9BrN2O3/c12-5-4-10-7-11(13-17-10)8-2-1-3-9(6-8)14(15)16/h1-3,6-7H,4-5H2. The number of aromatic nitrogens is 1. The first-order valence-corrected chi connectivity index (χ1v) is 6.09. The number of nitrogens with zero attached hydrogens (tertiary/aromatic N) is 2. The average molecular weight is 297 g/mol. The van der Waals surface area contributed by atoms with Crippen molar-refractivity contribution in [2.45, 2.75) is 6.42 Å². The van der Waals surface area contributed by atoms with Crippen LogP contribution in [0.25, 0.3) is 11.3 Å². The van der Waals surface area contributed by atoms with Gasteiger partial charge in [0.15, 0.2) is 0 Å². The van der Waals surface area contributed by atoms with Gasteiger partial charge in [-0.2, -0.15) is 0 Å². The predicted molar refractivity (Wildman–Crippen MR) is 66.1 cm³/mol. The molecule has 0 unspecified atom stereocenters. The molecule has 2 rings (SSSR count). The third kappa shape index (κ3) is 2.71. The summed E-state index contributed by atoms with van der Waals surface area (Å²) >= 11 is 3.31. The van der Waals surface area contributed by atoms with E-state index in [9.17, 15) is 10.1 Å². The van der Waals surface area contributed by atoms with Crippen molar-refractivity contribution in [1.29, 1.82) is 0 Å². The Hall–Kier alpha value is -1.69. The molecule has 1 aromatic carbocycles.